The van der Waals surface area contributed by atoms with E-state index in [1.807, 2.05) is 18.2 Å². The number of pyridine rings is 1. The number of fused-ring (bicyclic) bond motifs is 1. The summed E-state index contributed by atoms with van der Waals surface area (Å²) in [4.78, 5) is 16.9. The van der Waals surface area contributed by atoms with Gasteiger partial charge in [0, 0.05) is 46.8 Å². The summed E-state index contributed by atoms with van der Waals surface area (Å²) in [6, 6.07) is 11.7. The van der Waals surface area contributed by atoms with Crippen LogP contribution in [0.4, 0.5) is 5.69 Å². The zero-order valence-corrected chi connectivity index (χ0v) is 15.5. The Morgan fingerprint density at radius 1 is 1.15 bits per heavy atom. The lowest BCUT2D eigenvalue weighted by molar-refractivity contribution is 0.102. The molecule has 0 fully saturated rings. The molecule has 0 aliphatic carbocycles. The molecule has 3 heterocycles. The highest BCUT2D eigenvalue weighted by Crippen LogP contribution is 2.27. The minimum absolute atomic E-state index is 0.244. The molecule has 0 aliphatic heterocycles. The second-order valence-electron chi connectivity index (χ2n) is 6.46. The summed E-state index contributed by atoms with van der Waals surface area (Å²) in [6.45, 7) is 6.86. The van der Waals surface area contributed by atoms with Crippen molar-refractivity contribution >= 4 is 22.5 Å². The highest BCUT2D eigenvalue weighted by molar-refractivity contribution is 6.09. The third-order valence-electron chi connectivity index (χ3n) is 4.73. The minimum atomic E-state index is -0.244. The Balaban J connectivity index is 1.67. The van der Waals surface area contributed by atoms with Crippen molar-refractivity contribution in [1.82, 2.24) is 14.7 Å². The Bertz CT molecular complexity index is 1130. The molecule has 0 saturated carbocycles. The van der Waals surface area contributed by atoms with Crippen molar-refractivity contribution in [2.45, 2.75) is 27.3 Å². The summed E-state index contributed by atoms with van der Waals surface area (Å²) in [7, 11) is 0. The molecule has 0 unspecified atom stereocenters. The summed E-state index contributed by atoms with van der Waals surface area (Å²) in [5, 5.41) is 8.13. The molecule has 1 amide bonds. The number of anilines is 1. The van der Waals surface area contributed by atoms with Crippen molar-refractivity contribution in [1.29, 1.82) is 0 Å². The molecule has 4 aromatic rings. The van der Waals surface area contributed by atoms with Crippen LogP contribution in [0.5, 0.6) is 0 Å². The van der Waals surface area contributed by atoms with Crippen LogP contribution in [0.25, 0.3) is 22.2 Å². The SMILES string of the molecule is CCn1c(C)cc2cc(NC(=O)c3c(-c4ccncc4)noc3C)ccc21. The fourth-order valence-corrected chi connectivity index (χ4v) is 3.45. The molecule has 27 heavy (non-hydrogen) atoms. The van der Waals surface area contributed by atoms with Gasteiger partial charge < -0.3 is 14.4 Å². The van der Waals surface area contributed by atoms with E-state index in [9.17, 15) is 4.79 Å². The number of hydrogen-bond donors (Lipinski definition) is 1. The van der Waals surface area contributed by atoms with Crippen molar-refractivity contribution < 1.29 is 9.32 Å². The molecule has 4 rings (SSSR count). The van der Waals surface area contributed by atoms with E-state index in [1.165, 1.54) is 5.69 Å². The molecule has 0 bridgehead atoms. The van der Waals surface area contributed by atoms with Crippen molar-refractivity contribution in [2.24, 2.45) is 0 Å². The van der Waals surface area contributed by atoms with Crippen LogP contribution in [-0.2, 0) is 6.54 Å². The summed E-state index contributed by atoms with van der Waals surface area (Å²) in [6.07, 6.45) is 3.32. The average Bonchev–Trinajstić information content (AvgIpc) is 3.20. The van der Waals surface area contributed by atoms with Crippen LogP contribution in [0.3, 0.4) is 0 Å². The van der Waals surface area contributed by atoms with Crippen molar-refractivity contribution in [2.75, 3.05) is 5.32 Å². The molecular formula is C21H20N4O2. The Morgan fingerprint density at radius 3 is 2.67 bits per heavy atom. The zero-order chi connectivity index (χ0) is 19.0. The van der Waals surface area contributed by atoms with Crippen LogP contribution in [0.1, 0.15) is 28.7 Å². The molecule has 6 nitrogen and oxygen atoms in total. The Labute approximate surface area is 156 Å². The van der Waals surface area contributed by atoms with Gasteiger partial charge in [-0.3, -0.25) is 9.78 Å². The minimum Gasteiger partial charge on any atom is -0.360 e. The van der Waals surface area contributed by atoms with Gasteiger partial charge in [-0.15, -0.1) is 0 Å². The van der Waals surface area contributed by atoms with Crippen molar-refractivity contribution in [3.63, 3.8) is 0 Å². The van der Waals surface area contributed by atoms with Gasteiger partial charge in [0.1, 0.15) is 17.0 Å². The van der Waals surface area contributed by atoms with Crippen LogP contribution in [0.15, 0.2) is 53.3 Å². The third kappa shape index (κ3) is 2.99. The maximum atomic E-state index is 12.9. The van der Waals surface area contributed by atoms with E-state index in [0.29, 0.717) is 17.0 Å². The first-order chi connectivity index (χ1) is 13.1. The van der Waals surface area contributed by atoms with E-state index in [-0.39, 0.29) is 5.91 Å². The standard InChI is InChI=1S/C21H20N4O2/c1-4-25-13(2)11-16-12-17(5-6-18(16)25)23-21(26)19-14(3)27-24-20(19)15-7-9-22-10-8-15/h5-12H,4H2,1-3H3,(H,23,26). The number of nitrogens with one attached hydrogen (secondary N) is 1. The number of benzene rings is 1. The highest BCUT2D eigenvalue weighted by Gasteiger charge is 2.22. The fraction of sp³-hybridized carbons (Fsp3) is 0.190. The Hall–Kier alpha value is -3.41. The maximum Gasteiger partial charge on any atom is 0.261 e. The summed E-state index contributed by atoms with van der Waals surface area (Å²) < 4.78 is 7.52. The normalized spacial score (nSPS) is 11.1. The second-order valence-corrected chi connectivity index (χ2v) is 6.46. The van der Waals surface area contributed by atoms with Gasteiger partial charge in [0.2, 0.25) is 0 Å². The Morgan fingerprint density at radius 2 is 1.93 bits per heavy atom. The first-order valence-electron chi connectivity index (χ1n) is 8.86. The molecule has 136 valence electrons. The molecule has 0 aliphatic rings. The average molecular weight is 360 g/mol. The van der Waals surface area contributed by atoms with E-state index in [0.717, 1.165) is 28.7 Å². The highest BCUT2D eigenvalue weighted by atomic mass is 16.5. The summed E-state index contributed by atoms with van der Waals surface area (Å²) in [5.41, 5.74) is 4.84. The first kappa shape index (κ1) is 17.0. The van der Waals surface area contributed by atoms with E-state index < -0.39 is 0 Å². The molecule has 0 radical (unpaired) electrons. The molecular weight excluding hydrogens is 340 g/mol. The van der Waals surface area contributed by atoms with Crippen LogP contribution in [0, 0.1) is 13.8 Å². The van der Waals surface area contributed by atoms with Crippen molar-refractivity contribution in [3.8, 4) is 11.3 Å². The molecule has 0 atom stereocenters. The molecule has 0 saturated heterocycles. The Kier molecular flexibility index (Phi) is 4.24. The zero-order valence-electron chi connectivity index (χ0n) is 15.5. The fourth-order valence-electron chi connectivity index (χ4n) is 3.45. The van der Waals surface area contributed by atoms with Crippen LogP contribution in [-0.4, -0.2) is 20.6 Å². The number of aryl methyl sites for hydroxylation is 3. The maximum absolute atomic E-state index is 12.9. The van der Waals surface area contributed by atoms with Crippen molar-refractivity contribution in [3.05, 3.63) is 65.8 Å². The lowest BCUT2D eigenvalue weighted by Crippen LogP contribution is -2.13. The molecule has 6 heteroatoms. The first-order valence-corrected chi connectivity index (χ1v) is 8.86. The van der Waals surface area contributed by atoms with Gasteiger partial charge in [-0.2, -0.15) is 0 Å². The molecule has 1 N–H and O–H groups in total. The largest absolute Gasteiger partial charge is 0.360 e. The lowest BCUT2D eigenvalue weighted by atomic mass is 10.1. The predicted octanol–water partition coefficient (Wildman–Crippen LogP) is 4.58. The smallest absolute Gasteiger partial charge is 0.261 e. The second kappa shape index (κ2) is 6.72. The number of hydrogen-bond acceptors (Lipinski definition) is 4. The lowest BCUT2D eigenvalue weighted by Gasteiger charge is -2.07. The number of nitrogens with zero attached hydrogens (tertiary/aromatic N) is 3. The van der Waals surface area contributed by atoms with Gasteiger partial charge in [-0.1, -0.05) is 5.16 Å². The van der Waals surface area contributed by atoms with Gasteiger partial charge in [0.15, 0.2) is 0 Å². The number of amides is 1. The topological polar surface area (TPSA) is 73.0 Å². The van der Waals surface area contributed by atoms with Gasteiger partial charge in [0.25, 0.3) is 5.91 Å². The third-order valence-corrected chi connectivity index (χ3v) is 4.73. The monoisotopic (exact) mass is 360 g/mol. The van der Waals surface area contributed by atoms with Gasteiger partial charge in [-0.25, -0.2) is 0 Å². The summed E-state index contributed by atoms with van der Waals surface area (Å²) in [5.74, 6) is 0.236. The predicted molar refractivity (Wildman–Crippen MR) is 105 cm³/mol. The van der Waals surface area contributed by atoms with Gasteiger partial charge in [0.05, 0.1) is 0 Å². The van der Waals surface area contributed by atoms with E-state index in [4.69, 9.17) is 4.52 Å². The van der Waals surface area contributed by atoms with Gasteiger partial charge >= 0.3 is 0 Å². The molecule has 1 aromatic carbocycles. The van der Waals surface area contributed by atoms with Gasteiger partial charge in [-0.05, 0) is 57.2 Å². The summed E-state index contributed by atoms with van der Waals surface area (Å²) >= 11 is 0. The van der Waals surface area contributed by atoms with Crippen LogP contribution >= 0.6 is 0 Å². The van der Waals surface area contributed by atoms with E-state index >= 15 is 0 Å². The van der Waals surface area contributed by atoms with E-state index in [2.05, 4.69) is 39.9 Å². The molecule has 0 spiro atoms. The number of carbonyl (C=O) groups excluding carboxylic acids is 1. The van der Waals surface area contributed by atoms with Crippen LogP contribution in [0.2, 0.25) is 0 Å². The van der Waals surface area contributed by atoms with Crippen LogP contribution < -0.4 is 5.32 Å². The molecule has 3 aromatic heterocycles. The number of aromatic nitrogens is 3. The number of carbonyl (C=O) groups is 1. The van der Waals surface area contributed by atoms with E-state index in [1.54, 1.807) is 31.5 Å². The quantitative estimate of drug-likeness (QED) is 0.578. The number of rotatable bonds is 4.